The van der Waals surface area contributed by atoms with E-state index in [1.54, 1.807) is 11.1 Å². The normalized spacial score (nSPS) is 18.1. The van der Waals surface area contributed by atoms with Crippen molar-refractivity contribution in [2.45, 2.75) is 32.0 Å². The van der Waals surface area contributed by atoms with Crippen LogP contribution in [0, 0.1) is 5.92 Å². The first-order chi connectivity index (χ1) is 19.7. The number of morpholine rings is 1. The standard InChI is InChI=1S/C30H33N7O3/c31-28-26-22(15-20-8-12-37(13-9-20)30(38)40-18-21-5-2-1-3-6-21)16-24(36-29(26)35-19-34-28)23-7-4-10-33-27(23)25-17-32-11-14-39-25/h1-7,10,16,19-20,25,32H,8-9,11-15,17-18H2,(H2,31,34,35,36). The van der Waals surface area contributed by atoms with Gasteiger partial charge in [-0.25, -0.2) is 19.7 Å². The molecule has 2 aliphatic rings. The van der Waals surface area contributed by atoms with E-state index in [0.29, 0.717) is 43.6 Å². The molecule has 0 aliphatic carbocycles. The molecule has 3 N–H and O–H groups in total. The second-order valence-electron chi connectivity index (χ2n) is 10.3. The number of nitrogens with two attached hydrogens (primary N) is 1. The van der Waals surface area contributed by atoms with E-state index < -0.39 is 0 Å². The molecule has 10 heteroatoms. The highest BCUT2D eigenvalue weighted by Gasteiger charge is 2.26. The lowest BCUT2D eigenvalue weighted by Gasteiger charge is -2.31. The quantitative estimate of drug-likeness (QED) is 0.375. The Hall–Kier alpha value is -4.15. The molecule has 1 amide bonds. The predicted octanol–water partition coefficient (Wildman–Crippen LogP) is 3.92. The minimum Gasteiger partial charge on any atom is -0.445 e. The zero-order valence-corrected chi connectivity index (χ0v) is 22.3. The number of fused-ring (bicyclic) bond motifs is 1. The summed E-state index contributed by atoms with van der Waals surface area (Å²) in [5.74, 6) is 0.794. The van der Waals surface area contributed by atoms with E-state index in [1.165, 1.54) is 6.33 Å². The number of pyridine rings is 2. The van der Waals surface area contributed by atoms with E-state index in [-0.39, 0.29) is 18.8 Å². The van der Waals surface area contributed by atoms with E-state index in [0.717, 1.165) is 59.3 Å². The van der Waals surface area contributed by atoms with Crippen LogP contribution < -0.4 is 11.1 Å². The van der Waals surface area contributed by atoms with Gasteiger partial charge in [-0.15, -0.1) is 0 Å². The third kappa shape index (κ3) is 5.73. The zero-order valence-electron chi connectivity index (χ0n) is 22.3. The van der Waals surface area contributed by atoms with E-state index in [9.17, 15) is 4.79 Å². The first kappa shape index (κ1) is 26.1. The van der Waals surface area contributed by atoms with E-state index in [1.807, 2.05) is 42.5 Å². The van der Waals surface area contributed by atoms with Crippen molar-refractivity contribution in [1.82, 2.24) is 30.2 Å². The van der Waals surface area contributed by atoms with Crippen molar-refractivity contribution >= 4 is 22.9 Å². The van der Waals surface area contributed by atoms with Crippen molar-refractivity contribution in [3.05, 3.63) is 77.9 Å². The number of nitrogens with one attached hydrogen (secondary N) is 1. The monoisotopic (exact) mass is 539 g/mol. The minimum absolute atomic E-state index is 0.146. The van der Waals surface area contributed by atoms with Crippen molar-refractivity contribution in [1.29, 1.82) is 0 Å². The number of nitrogen functional groups attached to an aromatic ring is 1. The molecule has 40 heavy (non-hydrogen) atoms. The number of carbonyl (C=O) groups excluding carboxylic acids is 1. The average molecular weight is 540 g/mol. The van der Waals surface area contributed by atoms with Crippen LogP contribution in [-0.4, -0.2) is 63.7 Å². The Morgan fingerprint density at radius 3 is 2.75 bits per heavy atom. The van der Waals surface area contributed by atoms with Crippen molar-refractivity contribution in [3.63, 3.8) is 0 Å². The maximum absolute atomic E-state index is 12.7. The van der Waals surface area contributed by atoms with Gasteiger partial charge in [-0.2, -0.15) is 0 Å². The van der Waals surface area contributed by atoms with Gasteiger partial charge in [0.15, 0.2) is 5.65 Å². The van der Waals surface area contributed by atoms with Crippen LogP contribution in [0.15, 0.2) is 61.1 Å². The van der Waals surface area contributed by atoms with Crippen LogP contribution in [0.2, 0.25) is 0 Å². The number of amides is 1. The second kappa shape index (κ2) is 11.9. The fourth-order valence-corrected chi connectivity index (χ4v) is 5.54. The molecule has 0 radical (unpaired) electrons. The first-order valence-electron chi connectivity index (χ1n) is 13.8. The van der Waals surface area contributed by atoms with Gasteiger partial charge in [0.25, 0.3) is 0 Å². The Labute approximate surface area is 233 Å². The number of nitrogens with zero attached hydrogens (tertiary/aromatic N) is 5. The molecule has 2 fully saturated rings. The molecule has 0 bridgehead atoms. The van der Waals surface area contributed by atoms with Crippen molar-refractivity contribution in [3.8, 4) is 11.3 Å². The Bertz CT molecular complexity index is 1470. The topological polar surface area (TPSA) is 128 Å². The summed E-state index contributed by atoms with van der Waals surface area (Å²) in [6.07, 6.45) is 5.36. The van der Waals surface area contributed by atoms with Gasteiger partial charge in [0.05, 0.1) is 23.4 Å². The molecule has 10 nitrogen and oxygen atoms in total. The van der Waals surface area contributed by atoms with Gasteiger partial charge in [0.1, 0.15) is 24.9 Å². The number of ether oxygens (including phenoxy) is 2. The number of rotatable bonds is 6. The minimum atomic E-state index is -0.264. The molecule has 1 atom stereocenters. The van der Waals surface area contributed by atoms with Crippen LogP contribution in [0.3, 0.4) is 0 Å². The number of likely N-dealkylation sites (tertiary alicyclic amines) is 1. The number of aromatic nitrogens is 4. The van der Waals surface area contributed by atoms with Gasteiger partial charge in [-0.3, -0.25) is 4.98 Å². The maximum atomic E-state index is 12.7. The Morgan fingerprint density at radius 2 is 1.95 bits per heavy atom. The summed E-state index contributed by atoms with van der Waals surface area (Å²) >= 11 is 0. The molecule has 2 aliphatic heterocycles. The summed E-state index contributed by atoms with van der Waals surface area (Å²) in [4.78, 5) is 32.7. The van der Waals surface area contributed by atoms with Crippen LogP contribution >= 0.6 is 0 Å². The number of hydrogen-bond donors (Lipinski definition) is 2. The molecule has 4 aromatic rings. The lowest BCUT2D eigenvalue weighted by Crippen LogP contribution is -2.39. The third-order valence-electron chi connectivity index (χ3n) is 7.65. The molecular weight excluding hydrogens is 506 g/mol. The Morgan fingerprint density at radius 1 is 1.10 bits per heavy atom. The summed E-state index contributed by atoms with van der Waals surface area (Å²) in [5, 5.41) is 4.17. The van der Waals surface area contributed by atoms with Crippen LogP contribution in [0.4, 0.5) is 10.6 Å². The number of carbonyl (C=O) groups is 1. The maximum Gasteiger partial charge on any atom is 0.410 e. The second-order valence-corrected chi connectivity index (χ2v) is 10.3. The van der Waals surface area contributed by atoms with E-state index in [4.69, 9.17) is 20.2 Å². The summed E-state index contributed by atoms with van der Waals surface area (Å²) < 4.78 is 11.6. The summed E-state index contributed by atoms with van der Waals surface area (Å²) in [5.41, 5.74) is 11.5. The lowest BCUT2D eigenvalue weighted by atomic mass is 9.88. The van der Waals surface area contributed by atoms with Crippen LogP contribution in [0.1, 0.15) is 35.8 Å². The van der Waals surface area contributed by atoms with Gasteiger partial charge in [-0.05, 0) is 54.5 Å². The number of hydrogen-bond acceptors (Lipinski definition) is 9. The number of benzene rings is 1. The molecule has 0 spiro atoms. The van der Waals surface area contributed by atoms with Gasteiger partial charge in [-0.1, -0.05) is 30.3 Å². The van der Waals surface area contributed by atoms with Gasteiger partial charge < -0.3 is 25.4 Å². The molecule has 1 aromatic carbocycles. The lowest BCUT2D eigenvalue weighted by molar-refractivity contribution is 0.0254. The van der Waals surface area contributed by atoms with Crippen LogP contribution in [0.25, 0.3) is 22.3 Å². The molecule has 0 saturated carbocycles. The number of piperidine rings is 1. The molecule has 206 valence electrons. The molecule has 5 heterocycles. The largest absolute Gasteiger partial charge is 0.445 e. The fourth-order valence-electron chi connectivity index (χ4n) is 5.54. The van der Waals surface area contributed by atoms with Gasteiger partial charge in [0, 0.05) is 37.9 Å². The van der Waals surface area contributed by atoms with Crippen molar-refractivity contribution in [2.24, 2.45) is 5.92 Å². The fraction of sp³-hybridized carbons (Fsp3) is 0.367. The molecule has 2 saturated heterocycles. The Balaban J connectivity index is 1.20. The SMILES string of the molecule is Nc1ncnc2nc(-c3cccnc3C3CNCCO3)cc(CC3CCN(C(=O)OCc4ccccc4)CC3)c12. The summed E-state index contributed by atoms with van der Waals surface area (Å²) in [7, 11) is 0. The van der Waals surface area contributed by atoms with Crippen molar-refractivity contribution in [2.75, 3.05) is 38.5 Å². The zero-order chi connectivity index (χ0) is 27.3. The molecule has 1 unspecified atom stereocenters. The van der Waals surface area contributed by atoms with Crippen LogP contribution in [-0.2, 0) is 22.5 Å². The summed E-state index contributed by atoms with van der Waals surface area (Å²) in [6, 6.07) is 15.8. The van der Waals surface area contributed by atoms with E-state index >= 15 is 0 Å². The highest BCUT2D eigenvalue weighted by atomic mass is 16.6. The highest BCUT2D eigenvalue weighted by Crippen LogP contribution is 2.33. The van der Waals surface area contributed by atoms with Gasteiger partial charge >= 0.3 is 6.09 Å². The predicted molar refractivity (Wildman–Crippen MR) is 151 cm³/mol. The number of anilines is 1. The van der Waals surface area contributed by atoms with Gasteiger partial charge in [0.2, 0.25) is 0 Å². The van der Waals surface area contributed by atoms with E-state index in [2.05, 4.69) is 26.3 Å². The average Bonchev–Trinajstić information content (AvgIpc) is 3.01. The summed E-state index contributed by atoms with van der Waals surface area (Å²) in [6.45, 7) is 3.75. The first-order valence-corrected chi connectivity index (χ1v) is 13.8. The van der Waals surface area contributed by atoms with Crippen LogP contribution in [0.5, 0.6) is 0 Å². The third-order valence-corrected chi connectivity index (χ3v) is 7.65. The molecule has 6 rings (SSSR count). The van der Waals surface area contributed by atoms with Crippen molar-refractivity contribution < 1.29 is 14.3 Å². The molecule has 3 aromatic heterocycles. The Kier molecular flexibility index (Phi) is 7.78. The highest BCUT2D eigenvalue weighted by molar-refractivity contribution is 5.90. The molecular formula is C30H33N7O3. The smallest absolute Gasteiger partial charge is 0.410 e.